The first-order chi connectivity index (χ1) is 8.65. The number of hydrogen-bond acceptors (Lipinski definition) is 3. The molecule has 0 spiro atoms. The van der Waals surface area contributed by atoms with E-state index in [1.165, 1.54) is 0 Å². The Kier molecular flexibility index (Phi) is 8.86. The van der Waals surface area contributed by atoms with E-state index in [1.54, 1.807) is 6.92 Å². The van der Waals surface area contributed by atoms with Gasteiger partial charge in [-0.25, -0.2) is 13.1 Å². The molecule has 0 bridgehead atoms. The predicted octanol–water partition coefficient (Wildman–Crippen LogP) is 2.51. The van der Waals surface area contributed by atoms with Crippen LogP contribution < -0.4 is 10.0 Å². The van der Waals surface area contributed by atoms with Crippen LogP contribution in [0.5, 0.6) is 0 Å². The Balaban J connectivity index is 4.12. The lowest BCUT2D eigenvalue weighted by molar-refractivity contribution is 0.482. The average molecular weight is 292 g/mol. The first kappa shape index (κ1) is 18.9. The highest BCUT2D eigenvalue weighted by Gasteiger charge is 2.22. The molecule has 0 aromatic carbocycles. The van der Waals surface area contributed by atoms with Crippen LogP contribution in [0, 0.1) is 5.92 Å². The molecule has 0 aliphatic rings. The van der Waals surface area contributed by atoms with Crippen LogP contribution in [0.4, 0.5) is 0 Å². The second-order valence-corrected chi connectivity index (χ2v) is 8.39. The number of hydrogen-bond donors (Lipinski definition) is 2. The molecule has 4 nitrogen and oxygen atoms in total. The van der Waals surface area contributed by atoms with Crippen LogP contribution >= 0.6 is 0 Å². The Hall–Kier alpha value is -0.130. The van der Waals surface area contributed by atoms with Crippen LogP contribution in [0.2, 0.25) is 0 Å². The molecule has 0 saturated carbocycles. The maximum Gasteiger partial charge on any atom is 0.215 e. The summed E-state index contributed by atoms with van der Waals surface area (Å²) < 4.78 is 27.0. The molecule has 0 amide bonds. The first-order valence-corrected chi connectivity index (χ1v) is 8.94. The molecule has 0 heterocycles. The summed E-state index contributed by atoms with van der Waals surface area (Å²) in [7, 11) is -3.22. The first-order valence-electron chi connectivity index (χ1n) is 7.39. The molecule has 5 heteroatoms. The molecule has 2 unspecified atom stereocenters. The Morgan fingerprint density at radius 3 is 2.00 bits per heavy atom. The Morgan fingerprint density at radius 2 is 1.53 bits per heavy atom. The summed E-state index contributed by atoms with van der Waals surface area (Å²) in [5, 5.41) is 2.76. The summed E-state index contributed by atoms with van der Waals surface area (Å²) in [6.07, 6.45) is 3.12. The van der Waals surface area contributed by atoms with Gasteiger partial charge in [0.2, 0.25) is 10.0 Å². The lowest BCUT2D eigenvalue weighted by Gasteiger charge is -2.20. The Morgan fingerprint density at radius 1 is 0.947 bits per heavy atom. The summed E-state index contributed by atoms with van der Waals surface area (Å²) in [6, 6.07) is 0.325. The summed E-state index contributed by atoms with van der Waals surface area (Å²) in [5.74, 6) is 0.679. The van der Waals surface area contributed by atoms with Crippen molar-refractivity contribution in [2.24, 2.45) is 5.92 Å². The number of sulfonamides is 1. The van der Waals surface area contributed by atoms with Crippen molar-refractivity contribution in [1.82, 2.24) is 10.0 Å². The summed E-state index contributed by atoms with van der Waals surface area (Å²) in [6.45, 7) is 12.6. The summed E-state index contributed by atoms with van der Waals surface area (Å²) in [4.78, 5) is 0. The van der Waals surface area contributed by atoms with Crippen molar-refractivity contribution in [1.29, 1.82) is 0 Å². The van der Waals surface area contributed by atoms with Crippen molar-refractivity contribution < 1.29 is 8.42 Å². The molecule has 0 aromatic heterocycles. The molecular formula is C14H32N2O2S. The van der Waals surface area contributed by atoms with Crippen LogP contribution in [0.3, 0.4) is 0 Å². The van der Waals surface area contributed by atoms with Gasteiger partial charge in [0, 0.05) is 18.6 Å². The standard InChI is InChI=1S/C14H32N2O2S/c1-11(2)8-7-9-13(5)16-19(17,18)14(6)10-15-12(3)4/h11-16H,7-10H2,1-6H3. The van der Waals surface area contributed by atoms with E-state index in [1.807, 2.05) is 20.8 Å². The Bertz CT molecular complexity index is 326. The van der Waals surface area contributed by atoms with Crippen LogP contribution in [0.1, 0.15) is 60.8 Å². The van der Waals surface area contributed by atoms with Crippen molar-refractivity contribution in [3.8, 4) is 0 Å². The quantitative estimate of drug-likeness (QED) is 0.650. The molecule has 0 aliphatic heterocycles. The topological polar surface area (TPSA) is 58.2 Å². The average Bonchev–Trinajstić information content (AvgIpc) is 2.24. The van der Waals surface area contributed by atoms with Gasteiger partial charge in [-0.1, -0.05) is 40.5 Å². The van der Waals surface area contributed by atoms with Crippen molar-refractivity contribution in [2.45, 2.75) is 78.1 Å². The van der Waals surface area contributed by atoms with Crippen molar-refractivity contribution in [3.63, 3.8) is 0 Å². The molecule has 0 aromatic rings. The van der Waals surface area contributed by atoms with Gasteiger partial charge in [0.25, 0.3) is 0 Å². The fraction of sp³-hybridized carbons (Fsp3) is 1.00. The monoisotopic (exact) mass is 292 g/mol. The molecule has 116 valence electrons. The third kappa shape index (κ3) is 9.41. The van der Waals surface area contributed by atoms with Gasteiger partial charge in [-0.2, -0.15) is 0 Å². The molecule has 0 fully saturated rings. The number of nitrogens with one attached hydrogen (secondary N) is 2. The highest BCUT2D eigenvalue weighted by Crippen LogP contribution is 2.09. The zero-order chi connectivity index (χ0) is 15.1. The molecule has 0 saturated heterocycles. The molecule has 2 N–H and O–H groups in total. The highest BCUT2D eigenvalue weighted by molar-refractivity contribution is 7.90. The lowest BCUT2D eigenvalue weighted by Crippen LogP contribution is -2.43. The largest absolute Gasteiger partial charge is 0.313 e. The van der Waals surface area contributed by atoms with Gasteiger partial charge in [-0.05, 0) is 26.2 Å². The third-order valence-electron chi connectivity index (χ3n) is 3.13. The van der Waals surface area contributed by atoms with Gasteiger partial charge in [0.15, 0.2) is 0 Å². The molecular weight excluding hydrogens is 260 g/mol. The molecule has 0 aliphatic carbocycles. The fourth-order valence-corrected chi connectivity index (χ4v) is 3.03. The highest BCUT2D eigenvalue weighted by atomic mass is 32.2. The summed E-state index contributed by atoms with van der Waals surface area (Å²) in [5.41, 5.74) is 0. The van der Waals surface area contributed by atoms with Crippen LogP contribution in [0.15, 0.2) is 0 Å². The normalized spacial score (nSPS) is 16.0. The predicted molar refractivity (Wildman–Crippen MR) is 82.8 cm³/mol. The Labute approximate surface area is 119 Å². The van der Waals surface area contributed by atoms with Gasteiger partial charge in [-0.3, -0.25) is 0 Å². The van der Waals surface area contributed by atoms with E-state index >= 15 is 0 Å². The van der Waals surface area contributed by atoms with E-state index in [0.717, 1.165) is 19.3 Å². The second kappa shape index (κ2) is 8.93. The van der Waals surface area contributed by atoms with E-state index in [-0.39, 0.29) is 6.04 Å². The second-order valence-electron chi connectivity index (χ2n) is 6.26. The van der Waals surface area contributed by atoms with Gasteiger partial charge in [-0.15, -0.1) is 0 Å². The fourth-order valence-electron chi connectivity index (χ4n) is 1.80. The summed E-state index contributed by atoms with van der Waals surface area (Å²) >= 11 is 0. The maximum atomic E-state index is 12.1. The zero-order valence-corrected chi connectivity index (χ0v) is 14.2. The zero-order valence-electron chi connectivity index (χ0n) is 13.4. The van der Waals surface area contributed by atoms with Crippen molar-refractivity contribution in [2.75, 3.05) is 6.54 Å². The van der Waals surface area contributed by atoms with E-state index in [4.69, 9.17) is 0 Å². The molecule has 19 heavy (non-hydrogen) atoms. The minimum absolute atomic E-state index is 0.0187. The van der Waals surface area contributed by atoms with Crippen molar-refractivity contribution in [3.05, 3.63) is 0 Å². The van der Waals surface area contributed by atoms with Crippen molar-refractivity contribution >= 4 is 10.0 Å². The lowest BCUT2D eigenvalue weighted by atomic mass is 10.0. The molecule has 0 radical (unpaired) electrons. The smallest absolute Gasteiger partial charge is 0.215 e. The van der Waals surface area contributed by atoms with Gasteiger partial charge in [0.05, 0.1) is 5.25 Å². The molecule has 0 rings (SSSR count). The van der Waals surface area contributed by atoms with E-state index in [9.17, 15) is 8.42 Å². The van der Waals surface area contributed by atoms with Crippen LogP contribution in [-0.4, -0.2) is 32.3 Å². The van der Waals surface area contributed by atoms with E-state index in [2.05, 4.69) is 23.9 Å². The third-order valence-corrected chi connectivity index (χ3v) is 5.08. The SMILES string of the molecule is CC(C)CCCC(C)NS(=O)(=O)C(C)CNC(C)C. The van der Waals surface area contributed by atoms with E-state index in [0.29, 0.717) is 18.5 Å². The molecule has 2 atom stereocenters. The van der Waals surface area contributed by atoms with Gasteiger partial charge < -0.3 is 5.32 Å². The minimum Gasteiger partial charge on any atom is -0.313 e. The maximum absolute atomic E-state index is 12.1. The number of rotatable bonds is 10. The van der Waals surface area contributed by atoms with Gasteiger partial charge >= 0.3 is 0 Å². The van der Waals surface area contributed by atoms with E-state index < -0.39 is 15.3 Å². The van der Waals surface area contributed by atoms with Crippen LogP contribution in [0.25, 0.3) is 0 Å². The van der Waals surface area contributed by atoms with Gasteiger partial charge in [0.1, 0.15) is 0 Å². The minimum atomic E-state index is -3.22. The van der Waals surface area contributed by atoms with Crippen LogP contribution in [-0.2, 0) is 10.0 Å².